The Morgan fingerprint density at radius 3 is 2.20 bits per heavy atom. The molecule has 0 spiro atoms. The van der Waals surface area contributed by atoms with Crippen molar-refractivity contribution in [2.75, 3.05) is 6.61 Å². The zero-order valence-electron chi connectivity index (χ0n) is 24.6. The van der Waals surface area contributed by atoms with Gasteiger partial charge in [0.2, 0.25) is 0 Å². The zero-order valence-corrected chi connectivity index (χ0v) is 25.4. The molecule has 1 amide bonds. The number of aliphatic hydroxyl groups is 1. The van der Waals surface area contributed by atoms with Gasteiger partial charge in [-0.25, -0.2) is 18.1 Å². The third-order valence-corrected chi connectivity index (χ3v) is 8.54. The van der Waals surface area contributed by atoms with Gasteiger partial charge in [0.25, 0.3) is 21.5 Å². The monoisotopic (exact) mass is 615 g/mol. The number of hydrogen-bond acceptors (Lipinski definition) is 8. The highest BCUT2D eigenvalue weighted by molar-refractivity contribution is 7.90. The molecule has 228 valence electrons. The molecular formula is C32H33N5O6S. The smallest absolute Gasteiger partial charge is 0.277 e. The number of aryl methyl sites for hydroxylation is 2. The van der Waals surface area contributed by atoms with Gasteiger partial charge in [-0.2, -0.15) is 5.10 Å². The number of hydrogen-bond donors (Lipinski definition) is 3. The van der Waals surface area contributed by atoms with Crippen molar-refractivity contribution in [2.45, 2.75) is 50.7 Å². The normalized spacial score (nSPS) is 11.9. The third-order valence-electron chi connectivity index (χ3n) is 7.21. The van der Waals surface area contributed by atoms with E-state index in [0.717, 1.165) is 6.42 Å². The second-order valence-corrected chi connectivity index (χ2v) is 11.8. The third kappa shape index (κ3) is 5.61. The van der Waals surface area contributed by atoms with E-state index in [0.29, 0.717) is 29.7 Å². The lowest BCUT2D eigenvalue weighted by Crippen LogP contribution is -2.47. The molecule has 3 aromatic carbocycles. The zero-order chi connectivity index (χ0) is 31.5. The summed E-state index contributed by atoms with van der Waals surface area (Å²) in [5, 5.41) is 16.3. The van der Waals surface area contributed by atoms with Crippen LogP contribution in [0.15, 0.2) is 88.6 Å². The van der Waals surface area contributed by atoms with Crippen molar-refractivity contribution >= 4 is 27.0 Å². The Morgan fingerprint density at radius 2 is 1.64 bits per heavy atom. The number of fused-ring (bicyclic) bond motifs is 1. The molecule has 0 bridgehead atoms. The summed E-state index contributed by atoms with van der Waals surface area (Å²) < 4.78 is 36.8. The molecule has 0 atom stereocenters. The summed E-state index contributed by atoms with van der Waals surface area (Å²) in [6, 6.07) is 20.2. The van der Waals surface area contributed by atoms with Gasteiger partial charge >= 0.3 is 0 Å². The van der Waals surface area contributed by atoms with Crippen LogP contribution < -0.4 is 15.0 Å². The van der Waals surface area contributed by atoms with E-state index in [1.54, 1.807) is 72.3 Å². The van der Waals surface area contributed by atoms with E-state index in [9.17, 15) is 23.1 Å². The number of rotatable bonds is 11. The van der Waals surface area contributed by atoms with Crippen LogP contribution in [0.5, 0.6) is 5.75 Å². The predicted molar refractivity (Wildman–Crippen MR) is 166 cm³/mol. The first kappa shape index (κ1) is 30.6. The minimum Gasteiger partial charge on any atom is -0.493 e. The van der Waals surface area contributed by atoms with Crippen LogP contribution >= 0.6 is 0 Å². The average molecular weight is 616 g/mol. The number of nitrogens with zero attached hydrogens (tertiary/aromatic N) is 3. The molecule has 0 unspecified atom stereocenters. The molecule has 0 aliphatic rings. The van der Waals surface area contributed by atoms with E-state index in [4.69, 9.17) is 9.72 Å². The second kappa shape index (κ2) is 12.4. The predicted octanol–water partition coefficient (Wildman–Crippen LogP) is 3.90. The molecule has 2 heterocycles. The Hall–Kier alpha value is -4.81. The van der Waals surface area contributed by atoms with E-state index in [1.807, 2.05) is 13.8 Å². The maximum absolute atomic E-state index is 13.7. The number of aromatic amines is 1. The van der Waals surface area contributed by atoms with E-state index in [2.05, 4.69) is 14.8 Å². The van der Waals surface area contributed by atoms with Gasteiger partial charge in [0.15, 0.2) is 11.1 Å². The lowest BCUT2D eigenvalue weighted by atomic mass is 9.86. The second-order valence-electron chi connectivity index (χ2n) is 10.1. The van der Waals surface area contributed by atoms with Gasteiger partial charge < -0.3 is 14.8 Å². The summed E-state index contributed by atoms with van der Waals surface area (Å²) in [7, 11) is -4.54. The molecule has 0 aliphatic heterocycles. The topological polar surface area (TPSA) is 156 Å². The molecular weight excluding hydrogens is 582 g/mol. The molecule has 0 fully saturated rings. The Balaban J connectivity index is 1.60. The largest absolute Gasteiger partial charge is 0.493 e. The van der Waals surface area contributed by atoms with Crippen molar-refractivity contribution in [1.82, 2.24) is 24.5 Å². The number of ether oxygens (including phenoxy) is 1. The number of nitrogens with one attached hydrogen (secondary N) is 2. The van der Waals surface area contributed by atoms with Crippen LogP contribution in [-0.4, -0.2) is 45.8 Å². The van der Waals surface area contributed by atoms with Crippen molar-refractivity contribution in [1.29, 1.82) is 0 Å². The Bertz CT molecular complexity index is 1930. The van der Waals surface area contributed by atoms with Crippen LogP contribution in [0.3, 0.4) is 0 Å². The van der Waals surface area contributed by atoms with E-state index >= 15 is 0 Å². The quantitative estimate of drug-likeness (QED) is 0.202. The number of benzene rings is 3. The molecule has 0 saturated carbocycles. The number of carbonyl (C=O) groups is 1. The van der Waals surface area contributed by atoms with Crippen LogP contribution in [0.1, 0.15) is 44.0 Å². The SMILES string of the molecule is CCCc1nn(CC)c2c(=O)[nH]c(-c3cc(S(=O)(=O)NC(=O)C(O)(c4ccccc4)c4ccccc4)ccc3OCC)nc12. The Morgan fingerprint density at radius 1 is 1.00 bits per heavy atom. The van der Waals surface area contributed by atoms with Gasteiger partial charge in [-0.05, 0) is 49.6 Å². The summed E-state index contributed by atoms with van der Waals surface area (Å²) >= 11 is 0. The minimum atomic E-state index is -4.54. The number of H-pyrrole nitrogens is 1. The highest BCUT2D eigenvalue weighted by Crippen LogP contribution is 2.33. The van der Waals surface area contributed by atoms with Crippen LogP contribution in [0.4, 0.5) is 0 Å². The maximum Gasteiger partial charge on any atom is 0.277 e. The van der Waals surface area contributed by atoms with Gasteiger partial charge in [-0.3, -0.25) is 14.3 Å². The van der Waals surface area contributed by atoms with Crippen LogP contribution in [0.2, 0.25) is 0 Å². The van der Waals surface area contributed by atoms with Crippen LogP contribution in [0.25, 0.3) is 22.4 Å². The summed E-state index contributed by atoms with van der Waals surface area (Å²) in [4.78, 5) is 34.1. The summed E-state index contributed by atoms with van der Waals surface area (Å²) in [6.07, 6.45) is 1.39. The Kier molecular flexibility index (Phi) is 8.66. The highest BCUT2D eigenvalue weighted by atomic mass is 32.2. The lowest BCUT2D eigenvalue weighted by molar-refractivity contribution is -0.134. The van der Waals surface area contributed by atoms with Crippen LogP contribution in [0, 0.1) is 0 Å². The molecule has 12 heteroatoms. The number of carbonyl (C=O) groups excluding carboxylic acids is 1. The number of sulfonamides is 1. The molecule has 3 N–H and O–H groups in total. The standard InChI is InChI=1S/C32H33N5O6S/c1-4-13-25-27-28(37(5-2)35-25)30(38)34-29(33-27)24-20-23(18-19-26(24)43-6-3)44(41,42)36-31(39)32(40,21-14-9-7-10-15-21)22-16-11-8-12-17-22/h7-12,14-20,40H,4-6,13H2,1-3H3,(H,36,39)(H,33,34,38). The van der Waals surface area contributed by atoms with Crippen molar-refractivity contribution < 1.29 is 23.1 Å². The Labute approximate surface area is 254 Å². The minimum absolute atomic E-state index is 0.0902. The van der Waals surface area contributed by atoms with E-state index in [-0.39, 0.29) is 39.8 Å². The van der Waals surface area contributed by atoms with E-state index < -0.39 is 27.1 Å². The summed E-state index contributed by atoms with van der Waals surface area (Å²) in [6.45, 7) is 6.38. The fourth-order valence-corrected chi connectivity index (χ4v) is 6.13. The molecule has 44 heavy (non-hydrogen) atoms. The molecule has 0 saturated heterocycles. The van der Waals surface area contributed by atoms with Crippen molar-refractivity contribution in [3.05, 3.63) is 106 Å². The first-order valence-electron chi connectivity index (χ1n) is 14.3. The van der Waals surface area contributed by atoms with Gasteiger partial charge in [-0.15, -0.1) is 0 Å². The summed E-state index contributed by atoms with van der Waals surface area (Å²) in [5.41, 5.74) is -0.741. The van der Waals surface area contributed by atoms with Crippen molar-refractivity contribution in [3.63, 3.8) is 0 Å². The molecule has 0 radical (unpaired) electrons. The molecule has 5 aromatic rings. The molecule has 2 aromatic heterocycles. The van der Waals surface area contributed by atoms with Crippen molar-refractivity contribution in [3.8, 4) is 17.1 Å². The van der Waals surface area contributed by atoms with Gasteiger partial charge in [0.05, 0.1) is 22.8 Å². The first-order chi connectivity index (χ1) is 21.1. The average Bonchev–Trinajstić information content (AvgIpc) is 3.39. The molecule has 0 aliphatic carbocycles. The molecule has 11 nitrogen and oxygen atoms in total. The maximum atomic E-state index is 13.7. The van der Waals surface area contributed by atoms with Gasteiger partial charge in [0.1, 0.15) is 17.1 Å². The van der Waals surface area contributed by atoms with Crippen molar-refractivity contribution in [2.24, 2.45) is 0 Å². The van der Waals surface area contributed by atoms with E-state index in [1.165, 1.54) is 18.2 Å². The van der Waals surface area contributed by atoms with Gasteiger partial charge in [-0.1, -0.05) is 74.0 Å². The van der Waals surface area contributed by atoms with Gasteiger partial charge in [0, 0.05) is 6.54 Å². The number of aromatic nitrogens is 4. The molecule has 5 rings (SSSR count). The number of amides is 1. The fourth-order valence-electron chi connectivity index (χ4n) is 5.10. The lowest BCUT2D eigenvalue weighted by Gasteiger charge is -2.28. The highest BCUT2D eigenvalue weighted by Gasteiger charge is 2.42. The van der Waals surface area contributed by atoms with Crippen LogP contribution in [-0.2, 0) is 33.4 Å². The first-order valence-corrected chi connectivity index (χ1v) is 15.8. The fraction of sp³-hybridized carbons (Fsp3) is 0.250. The summed E-state index contributed by atoms with van der Waals surface area (Å²) in [5.74, 6) is -0.785.